The van der Waals surface area contributed by atoms with Crippen LogP contribution in [0.25, 0.3) is 0 Å². The largest absolute Gasteiger partial charge is 0.493 e. The van der Waals surface area contributed by atoms with E-state index in [0.29, 0.717) is 6.07 Å². The van der Waals surface area contributed by atoms with E-state index in [0.717, 1.165) is 18.2 Å². The smallest absolute Gasteiger partial charge is 0.416 e. The fourth-order valence-corrected chi connectivity index (χ4v) is 2.65. The van der Waals surface area contributed by atoms with E-state index < -0.39 is 29.3 Å². The summed E-state index contributed by atoms with van der Waals surface area (Å²) in [6.45, 7) is -0.384. The number of amides is 1. The van der Waals surface area contributed by atoms with Gasteiger partial charge in [0.05, 0.1) is 5.56 Å². The number of pyridine rings is 1. The molecular weight excluding hydrogens is 435 g/mol. The van der Waals surface area contributed by atoms with Crippen molar-refractivity contribution in [2.45, 2.75) is 12.7 Å². The van der Waals surface area contributed by atoms with Crippen molar-refractivity contribution in [2.24, 2.45) is 4.99 Å². The molecule has 11 heteroatoms. The minimum absolute atomic E-state index is 0.0263. The van der Waals surface area contributed by atoms with Crippen LogP contribution in [0.4, 0.5) is 27.8 Å². The molecule has 0 fully saturated rings. The van der Waals surface area contributed by atoms with E-state index in [9.17, 15) is 31.9 Å². The maximum atomic E-state index is 13.4. The number of aliphatic imine (C=N–C) groups is 1. The van der Waals surface area contributed by atoms with Crippen molar-refractivity contribution in [3.05, 3.63) is 89.0 Å². The number of aromatic nitrogens is 1. The molecule has 32 heavy (non-hydrogen) atoms. The van der Waals surface area contributed by atoms with E-state index in [-0.39, 0.29) is 35.3 Å². The van der Waals surface area contributed by atoms with Crippen LogP contribution in [0.1, 0.15) is 21.5 Å². The van der Waals surface area contributed by atoms with Crippen LogP contribution < -0.4 is 10.6 Å². The summed E-state index contributed by atoms with van der Waals surface area (Å²) in [6.07, 6.45) is -4.60. The highest BCUT2D eigenvalue weighted by molar-refractivity contribution is 6.06. The van der Waals surface area contributed by atoms with Gasteiger partial charge >= 0.3 is 6.18 Å². The van der Waals surface area contributed by atoms with Gasteiger partial charge in [-0.1, -0.05) is 24.3 Å². The van der Waals surface area contributed by atoms with E-state index in [4.69, 9.17) is 0 Å². The summed E-state index contributed by atoms with van der Waals surface area (Å²) in [4.78, 5) is 19.9. The van der Waals surface area contributed by atoms with Gasteiger partial charge in [-0.2, -0.15) is 23.1 Å². The maximum absolute atomic E-state index is 13.4. The Kier molecular flexibility index (Phi) is 6.67. The third-order valence-electron chi connectivity index (χ3n) is 4.13. The number of nitrogens with one attached hydrogen (secondary N) is 2. The monoisotopic (exact) mass is 450 g/mol. The highest BCUT2D eigenvalue weighted by atomic mass is 19.4. The van der Waals surface area contributed by atoms with Gasteiger partial charge in [0.25, 0.3) is 5.91 Å². The summed E-state index contributed by atoms with van der Waals surface area (Å²) in [5, 5.41) is 14.6. The molecule has 0 atom stereocenters. The summed E-state index contributed by atoms with van der Waals surface area (Å²) >= 11 is 0. The molecule has 0 aliphatic carbocycles. The molecule has 0 aliphatic heterocycles. The number of alkyl halides is 3. The Morgan fingerprint density at radius 3 is 2.44 bits per heavy atom. The van der Waals surface area contributed by atoms with Gasteiger partial charge < -0.3 is 15.7 Å². The summed E-state index contributed by atoms with van der Waals surface area (Å²) in [6, 6.07) is 11.3. The third kappa shape index (κ3) is 5.78. The van der Waals surface area contributed by atoms with Crippen LogP contribution >= 0.6 is 0 Å². The maximum Gasteiger partial charge on any atom is 0.416 e. The number of anilines is 1. The Bertz CT molecular complexity index is 1160. The van der Waals surface area contributed by atoms with Crippen molar-refractivity contribution in [2.75, 3.05) is 5.32 Å². The predicted molar refractivity (Wildman–Crippen MR) is 106 cm³/mol. The van der Waals surface area contributed by atoms with E-state index >= 15 is 0 Å². The molecule has 0 saturated carbocycles. The lowest BCUT2D eigenvalue weighted by Gasteiger charge is -2.15. The summed E-state index contributed by atoms with van der Waals surface area (Å²) < 4.78 is 66.3. The average Bonchev–Trinajstić information content (AvgIpc) is 2.73. The fourth-order valence-electron chi connectivity index (χ4n) is 2.65. The second-order valence-electron chi connectivity index (χ2n) is 6.41. The Hall–Kier alpha value is -4.02. The first-order valence-corrected chi connectivity index (χ1v) is 9.03. The average molecular weight is 450 g/mol. The number of halogens is 5. The van der Waals surface area contributed by atoms with Gasteiger partial charge in [0, 0.05) is 18.2 Å². The van der Waals surface area contributed by atoms with Crippen LogP contribution in [0.5, 0.6) is 5.88 Å². The number of nitrogens with zero attached hydrogens (tertiary/aromatic N) is 2. The second-order valence-corrected chi connectivity index (χ2v) is 6.41. The van der Waals surface area contributed by atoms with E-state index in [1.807, 2.05) is 0 Å². The number of rotatable bonds is 4. The lowest BCUT2D eigenvalue weighted by atomic mass is 10.1. The first-order valence-electron chi connectivity index (χ1n) is 9.03. The van der Waals surface area contributed by atoms with Crippen LogP contribution in [-0.4, -0.2) is 22.0 Å². The number of hydrogen-bond donors (Lipinski definition) is 3. The normalized spacial score (nSPS) is 11.8. The van der Waals surface area contributed by atoms with Crippen LogP contribution in [0, 0.1) is 11.6 Å². The fraction of sp³-hybridized carbons (Fsp3) is 0.0952. The molecule has 1 amide bonds. The number of carbonyl (C=O) groups excluding carboxylic acids is 1. The van der Waals surface area contributed by atoms with E-state index in [1.165, 1.54) is 36.4 Å². The third-order valence-corrected chi connectivity index (χ3v) is 4.13. The van der Waals surface area contributed by atoms with E-state index in [1.54, 1.807) is 0 Å². The van der Waals surface area contributed by atoms with Crippen LogP contribution in [0.15, 0.2) is 65.7 Å². The van der Waals surface area contributed by atoms with Gasteiger partial charge in [-0.3, -0.25) is 4.79 Å². The van der Waals surface area contributed by atoms with Gasteiger partial charge in [0.1, 0.15) is 5.82 Å². The lowest BCUT2D eigenvalue weighted by Crippen LogP contribution is -2.32. The molecule has 3 N–H and O–H groups in total. The predicted octanol–water partition coefficient (Wildman–Crippen LogP) is 4.48. The molecule has 2 aromatic carbocycles. The highest BCUT2D eigenvalue weighted by Gasteiger charge is 2.32. The number of aromatic hydroxyl groups is 1. The Balaban J connectivity index is 1.90. The number of hydrogen-bond acceptors (Lipinski definition) is 3. The molecular formula is C21H15F5N4O2. The number of carbonyl (C=O) groups is 1. The zero-order valence-corrected chi connectivity index (χ0v) is 16.1. The molecule has 0 aliphatic rings. The minimum atomic E-state index is -4.60. The topological polar surface area (TPSA) is 86.6 Å². The van der Waals surface area contributed by atoms with Crippen molar-refractivity contribution in [1.29, 1.82) is 0 Å². The van der Waals surface area contributed by atoms with Crippen molar-refractivity contribution in [3.63, 3.8) is 0 Å². The van der Waals surface area contributed by atoms with Crippen LogP contribution in [-0.2, 0) is 12.7 Å². The molecule has 1 aromatic heterocycles. The van der Waals surface area contributed by atoms with Crippen molar-refractivity contribution >= 4 is 17.7 Å². The SMILES string of the molecule is O=C(/N=C(/NCc1ccccc1C(F)(F)F)Nc1cccc(O)n1)c1ccc(F)c(F)c1. The van der Waals surface area contributed by atoms with Crippen LogP contribution in [0.3, 0.4) is 0 Å². The number of guanidine groups is 1. The van der Waals surface area contributed by atoms with Crippen molar-refractivity contribution in [3.8, 4) is 5.88 Å². The molecule has 0 unspecified atom stereocenters. The molecule has 0 bridgehead atoms. The Labute approximate surface area is 178 Å². The Morgan fingerprint density at radius 2 is 1.75 bits per heavy atom. The van der Waals surface area contributed by atoms with Gasteiger partial charge in [0.15, 0.2) is 11.6 Å². The molecule has 166 valence electrons. The second kappa shape index (κ2) is 9.41. The van der Waals surface area contributed by atoms with E-state index in [2.05, 4.69) is 20.6 Å². The van der Waals surface area contributed by atoms with Gasteiger partial charge in [-0.05, 0) is 35.9 Å². The molecule has 0 radical (unpaired) electrons. The molecule has 6 nitrogen and oxygen atoms in total. The zero-order chi connectivity index (χ0) is 23.3. The van der Waals surface area contributed by atoms with Gasteiger partial charge in [0.2, 0.25) is 11.8 Å². The first kappa shape index (κ1) is 22.7. The number of benzene rings is 2. The van der Waals surface area contributed by atoms with Gasteiger partial charge in [-0.25, -0.2) is 8.78 Å². The molecule has 0 saturated heterocycles. The van der Waals surface area contributed by atoms with Crippen LogP contribution in [0.2, 0.25) is 0 Å². The van der Waals surface area contributed by atoms with Crippen molar-refractivity contribution < 1.29 is 31.9 Å². The summed E-state index contributed by atoms with van der Waals surface area (Å²) in [5.41, 5.74) is -1.29. The summed E-state index contributed by atoms with van der Waals surface area (Å²) in [7, 11) is 0. The molecule has 3 aromatic rings. The standard InChI is InChI=1S/C21H15F5N4O2/c22-15-9-8-12(10-16(15)23)19(32)30-20(29-17-6-3-7-18(31)28-17)27-11-13-4-1-2-5-14(13)21(24,25)26/h1-10H,11H2,(H3,27,28,29,30,31,32). The molecule has 1 heterocycles. The lowest BCUT2D eigenvalue weighted by molar-refractivity contribution is -0.138. The molecule has 3 rings (SSSR count). The van der Waals surface area contributed by atoms with Crippen molar-refractivity contribution in [1.82, 2.24) is 10.3 Å². The summed E-state index contributed by atoms with van der Waals surface area (Å²) in [5.74, 6) is -4.07. The molecule has 0 spiro atoms. The van der Waals surface area contributed by atoms with Gasteiger partial charge in [-0.15, -0.1) is 0 Å². The minimum Gasteiger partial charge on any atom is -0.493 e. The Morgan fingerprint density at radius 1 is 1.00 bits per heavy atom. The zero-order valence-electron chi connectivity index (χ0n) is 16.1. The highest BCUT2D eigenvalue weighted by Crippen LogP contribution is 2.31. The first-order chi connectivity index (χ1) is 15.1. The quantitative estimate of drug-likeness (QED) is 0.310.